The molecule has 0 saturated heterocycles. The summed E-state index contributed by atoms with van der Waals surface area (Å²) in [6.07, 6.45) is 6.46. The van der Waals surface area contributed by atoms with Gasteiger partial charge in [0, 0.05) is 0 Å². The molecule has 0 radical (unpaired) electrons. The number of rotatable bonds is 4. The van der Waals surface area contributed by atoms with Crippen LogP contribution in [0.15, 0.2) is 22.1 Å². The van der Waals surface area contributed by atoms with Crippen molar-refractivity contribution in [1.29, 1.82) is 0 Å². The first-order valence-corrected chi connectivity index (χ1v) is 12.0. The van der Waals surface area contributed by atoms with Gasteiger partial charge in [0.2, 0.25) is 0 Å². The van der Waals surface area contributed by atoms with Crippen LogP contribution in [0.25, 0.3) is 0 Å². The van der Waals surface area contributed by atoms with E-state index in [1.807, 2.05) is 18.2 Å². The molecule has 89 valence electrons. The van der Waals surface area contributed by atoms with E-state index in [0.717, 1.165) is 10.3 Å². The Morgan fingerprint density at radius 1 is 1.60 bits per heavy atom. The minimum absolute atomic E-state index is 0. The number of aliphatic hydroxyl groups excluding tert-OH is 1. The number of hydrogen-bond acceptors (Lipinski definition) is 3. The van der Waals surface area contributed by atoms with Crippen molar-refractivity contribution in [2.75, 3.05) is 13.2 Å². The van der Waals surface area contributed by atoms with Crippen molar-refractivity contribution >= 4 is 32.4 Å². The van der Waals surface area contributed by atoms with Crippen LogP contribution in [0.3, 0.4) is 0 Å². The summed E-state index contributed by atoms with van der Waals surface area (Å²) in [6.45, 7) is 0.0897. The molecule has 0 fully saturated rings. The molecule has 0 unspecified atom stereocenters. The number of allylic oxidation sites excluding steroid dienone is 4. The molecule has 1 N–H and O–H groups in total. The first kappa shape index (κ1) is 18.1. The normalized spacial score (nSPS) is 15.3. The van der Waals surface area contributed by atoms with E-state index < -0.39 is 14.4 Å². The Morgan fingerprint density at radius 2 is 2.20 bits per heavy atom. The fourth-order valence-electron chi connectivity index (χ4n) is 1.32. The first-order valence-electron chi connectivity index (χ1n) is 4.33. The van der Waals surface area contributed by atoms with Gasteiger partial charge in [0.05, 0.1) is 0 Å². The third-order valence-electron chi connectivity index (χ3n) is 2.15. The van der Waals surface area contributed by atoms with Crippen LogP contribution in [0.4, 0.5) is 0 Å². The standard InChI is InChI=1S/C5H5.C2H5O2.CH3.2ClH.O.H2Si.Ti/c1-2-4-5-3-1;3-1-2-4;;;;;;/h1-3H,4H2;3H,1-2H2;1H3;2*1H;;1H2;/q;-1;;;;;;+1. The zero-order chi connectivity index (χ0) is 9.97. The summed E-state index contributed by atoms with van der Waals surface area (Å²) in [4.78, 5) is 0. The molecule has 0 atom stereocenters. The molecule has 3 nitrogen and oxygen atoms in total. The van der Waals surface area contributed by atoms with Crippen molar-refractivity contribution in [3.05, 3.63) is 22.1 Å². The summed E-state index contributed by atoms with van der Waals surface area (Å²) >= 11 is -4.03. The first-order chi connectivity index (χ1) is 5.94. The van der Waals surface area contributed by atoms with Crippen LogP contribution in [0.5, 0.6) is 0 Å². The van der Waals surface area contributed by atoms with E-state index in [2.05, 4.69) is 0 Å². The van der Waals surface area contributed by atoms with Gasteiger partial charge >= 0.3 is 80.7 Å². The Labute approximate surface area is 105 Å². The Kier molecular flexibility index (Phi) is 7.77. The van der Waals surface area contributed by atoms with Crippen LogP contribution in [0.1, 0.15) is 6.42 Å². The van der Waals surface area contributed by atoms with Crippen molar-refractivity contribution in [2.45, 2.75) is 11.6 Å². The average molecular weight is 308 g/mol. The number of halogens is 2. The molecular formula is C8H17Cl2O3SiTi. The third kappa shape index (κ3) is 5.04. The molecule has 1 rings (SSSR count). The van der Waals surface area contributed by atoms with Crippen molar-refractivity contribution in [3.63, 3.8) is 0 Å². The molecule has 0 aromatic heterocycles. The van der Waals surface area contributed by atoms with Crippen LogP contribution in [-0.2, 0) is 21.0 Å². The predicted molar refractivity (Wildman–Crippen MR) is 64.5 cm³/mol. The Morgan fingerprint density at radius 3 is 2.60 bits per heavy atom. The quantitative estimate of drug-likeness (QED) is 0.795. The topological polar surface area (TPSA) is 46.5 Å². The van der Waals surface area contributed by atoms with E-state index >= 15 is 0 Å². The summed E-state index contributed by atoms with van der Waals surface area (Å²) in [6, 6.07) is 0. The van der Waals surface area contributed by atoms with Gasteiger partial charge in [0.15, 0.2) is 0 Å². The molecule has 1 aliphatic rings. The molecule has 0 aliphatic heterocycles. The predicted octanol–water partition coefficient (Wildman–Crippen LogP) is 1.23. The van der Waals surface area contributed by atoms with E-state index in [1.165, 1.54) is 7.63 Å². The monoisotopic (exact) mass is 307 g/mol. The maximum absolute atomic E-state index is 12.4. The SMILES string of the molecule is Cl.Cl.[CH3][Ti](=[O])(=[SiH2])([O]CCO)[C]1=CC=CC1. The molecule has 0 spiro atoms. The van der Waals surface area contributed by atoms with Gasteiger partial charge < -0.3 is 0 Å². The third-order valence-corrected chi connectivity index (χ3v) is 9.47. The van der Waals surface area contributed by atoms with Crippen molar-refractivity contribution in [2.24, 2.45) is 0 Å². The minimum atomic E-state index is -4.03. The zero-order valence-corrected chi connectivity index (χ0v) is 13.2. The summed E-state index contributed by atoms with van der Waals surface area (Å²) < 4.78 is 18.6. The van der Waals surface area contributed by atoms with Gasteiger partial charge in [-0.25, -0.2) is 0 Å². The molecule has 0 aromatic carbocycles. The summed E-state index contributed by atoms with van der Waals surface area (Å²) in [5.74, 6) is 0. The maximum atomic E-state index is 12.4. The van der Waals surface area contributed by atoms with Crippen molar-refractivity contribution in [1.82, 2.24) is 0 Å². The summed E-state index contributed by atoms with van der Waals surface area (Å²) in [5.41, 5.74) is 0. The van der Waals surface area contributed by atoms with Crippen LogP contribution in [0, 0.1) is 0 Å². The van der Waals surface area contributed by atoms with Gasteiger partial charge in [-0.3, -0.25) is 0 Å². The molecule has 0 aromatic rings. The van der Waals surface area contributed by atoms with Crippen LogP contribution in [0.2, 0.25) is 5.23 Å². The Bertz CT molecular complexity index is 383. The number of hydrogen-bond donors (Lipinski definition) is 1. The molecule has 0 heterocycles. The average Bonchev–Trinajstić information content (AvgIpc) is 2.53. The molecule has 15 heavy (non-hydrogen) atoms. The van der Waals surface area contributed by atoms with Crippen LogP contribution in [-0.4, -0.2) is 26.0 Å². The van der Waals surface area contributed by atoms with Crippen LogP contribution < -0.4 is 0 Å². The fourth-order valence-corrected chi connectivity index (χ4v) is 6.06. The van der Waals surface area contributed by atoms with Gasteiger partial charge in [0.1, 0.15) is 0 Å². The van der Waals surface area contributed by atoms with E-state index in [4.69, 9.17) is 8.42 Å². The zero-order valence-electron chi connectivity index (χ0n) is 8.64. The van der Waals surface area contributed by atoms with Crippen molar-refractivity contribution < 1.29 is 26.1 Å². The molecule has 0 bridgehead atoms. The van der Waals surface area contributed by atoms with Crippen LogP contribution >= 0.6 is 24.8 Å². The Hall–Kier alpha value is 0.711. The van der Waals surface area contributed by atoms with E-state index in [0.29, 0.717) is 0 Å². The molecule has 7 heteroatoms. The van der Waals surface area contributed by atoms with E-state index in [9.17, 15) is 3.32 Å². The molecular weight excluding hydrogens is 291 g/mol. The molecule has 0 saturated carbocycles. The van der Waals surface area contributed by atoms with E-state index in [-0.39, 0.29) is 38.0 Å². The van der Waals surface area contributed by atoms with Gasteiger partial charge in [-0.2, -0.15) is 0 Å². The van der Waals surface area contributed by atoms with Gasteiger partial charge in [-0.05, 0) is 0 Å². The van der Waals surface area contributed by atoms with Gasteiger partial charge in [0.25, 0.3) is 0 Å². The summed E-state index contributed by atoms with van der Waals surface area (Å²) in [5, 5.41) is 10.3. The number of aliphatic hydroxyl groups is 1. The van der Waals surface area contributed by atoms with Gasteiger partial charge in [-0.1, -0.05) is 0 Å². The van der Waals surface area contributed by atoms with E-state index in [1.54, 1.807) is 5.23 Å². The van der Waals surface area contributed by atoms with Gasteiger partial charge in [-0.15, -0.1) is 24.8 Å². The molecule has 1 aliphatic carbocycles. The Balaban J connectivity index is 0. The van der Waals surface area contributed by atoms with Crippen molar-refractivity contribution in [3.8, 4) is 0 Å². The second kappa shape index (κ2) is 6.45. The molecule has 0 amide bonds. The second-order valence-corrected chi connectivity index (χ2v) is 17.4. The summed E-state index contributed by atoms with van der Waals surface area (Å²) in [7, 11) is 1.46. The second-order valence-electron chi connectivity index (χ2n) is 3.66. The fraction of sp³-hybridized carbons (Fsp3) is 0.500.